The molecule has 5 heteroatoms. The number of rotatable bonds is 5. The molecular weight excluding hydrogens is 266 g/mol. The molecule has 2 fully saturated rings. The molecule has 0 aromatic rings. The third-order valence-corrected chi connectivity index (χ3v) is 4.80. The van der Waals surface area contributed by atoms with E-state index in [1.165, 1.54) is 25.7 Å². The summed E-state index contributed by atoms with van der Waals surface area (Å²) in [7, 11) is 0. The fourth-order valence-electron chi connectivity index (χ4n) is 3.62. The van der Waals surface area contributed by atoms with Crippen molar-refractivity contribution in [3.8, 4) is 0 Å². The lowest BCUT2D eigenvalue weighted by Gasteiger charge is -2.34. The number of hydrogen-bond acceptors (Lipinski definition) is 3. The van der Waals surface area contributed by atoms with Crippen LogP contribution in [0, 0.1) is 5.92 Å². The van der Waals surface area contributed by atoms with Crippen LogP contribution in [0.15, 0.2) is 0 Å². The number of nitrogens with one attached hydrogen (secondary N) is 1. The zero-order valence-corrected chi connectivity index (χ0v) is 13.0. The molecule has 1 saturated heterocycles. The summed E-state index contributed by atoms with van der Waals surface area (Å²) in [5.74, 6) is 0.205. The maximum Gasteiger partial charge on any atom is 0.237 e. The molecule has 1 aliphatic carbocycles. The van der Waals surface area contributed by atoms with Crippen LogP contribution in [-0.4, -0.2) is 42.4 Å². The number of carbonyl (C=O) groups excluding carboxylic acids is 2. The Morgan fingerprint density at radius 1 is 1.05 bits per heavy atom. The van der Waals surface area contributed by atoms with Gasteiger partial charge in [0, 0.05) is 19.0 Å². The quantitative estimate of drug-likeness (QED) is 0.753. The Morgan fingerprint density at radius 3 is 2.33 bits per heavy atom. The highest BCUT2D eigenvalue weighted by Gasteiger charge is 2.28. The fourth-order valence-corrected chi connectivity index (χ4v) is 3.62. The molecule has 0 bridgehead atoms. The summed E-state index contributed by atoms with van der Waals surface area (Å²) in [4.78, 5) is 25.7. The highest BCUT2D eigenvalue weighted by atomic mass is 16.2. The van der Waals surface area contributed by atoms with Crippen molar-refractivity contribution in [1.29, 1.82) is 0 Å². The Balaban J connectivity index is 1.93. The first-order chi connectivity index (χ1) is 10.2. The third kappa shape index (κ3) is 5.30. The topological polar surface area (TPSA) is 75.4 Å². The van der Waals surface area contributed by atoms with Crippen molar-refractivity contribution in [2.24, 2.45) is 11.7 Å². The van der Waals surface area contributed by atoms with E-state index in [2.05, 4.69) is 5.32 Å². The molecule has 120 valence electrons. The highest BCUT2D eigenvalue weighted by molar-refractivity contribution is 5.84. The van der Waals surface area contributed by atoms with E-state index in [0.29, 0.717) is 12.3 Å². The lowest BCUT2D eigenvalue weighted by molar-refractivity contribution is -0.138. The molecule has 0 aromatic heterocycles. The van der Waals surface area contributed by atoms with Gasteiger partial charge in [-0.15, -0.1) is 0 Å². The molecule has 1 aliphatic heterocycles. The Morgan fingerprint density at radius 2 is 1.76 bits per heavy atom. The van der Waals surface area contributed by atoms with E-state index in [1.54, 1.807) is 4.90 Å². The molecular formula is C16H29N3O2. The minimum absolute atomic E-state index is 0.0674. The number of amides is 2. The van der Waals surface area contributed by atoms with Crippen molar-refractivity contribution in [3.63, 3.8) is 0 Å². The zero-order chi connectivity index (χ0) is 15.1. The second kappa shape index (κ2) is 8.37. The largest absolute Gasteiger partial charge is 0.368 e. The van der Waals surface area contributed by atoms with Gasteiger partial charge >= 0.3 is 0 Å². The summed E-state index contributed by atoms with van der Waals surface area (Å²) >= 11 is 0. The van der Waals surface area contributed by atoms with E-state index in [-0.39, 0.29) is 18.5 Å². The number of carbonyl (C=O) groups is 2. The summed E-state index contributed by atoms with van der Waals surface area (Å²) in [6.07, 6.45) is 9.97. The van der Waals surface area contributed by atoms with E-state index in [1.807, 2.05) is 0 Å². The average Bonchev–Trinajstić information content (AvgIpc) is 2.74. The molecule has 1 saturated carbocycles. The SMILES string of the molecule is NC(=O)CN(C(=O)CC1CCCCCC1)C1CCCNC1. The van der Waals surface area contributed by atoms with Gasteiger partial charge in [-0.1, -0.05) is 25.7 Å². The monoisotopic (exact) mass is 295 g/mol. The Labute approximate surface area is 127 Å². The summed E-state index contributed by atoms with van der Waals surface area (Å²) in [6.45, 7) is 1.85. The van der Waals surface area contributed by atoms with E-state index < -0.39 is 5.91 Å². The number of piperidine rings is 1. The van der Waals surface area contributed by atoms with Crippen LogP contribution < -0.4 is 11.1 Å². The molecule has 21 heavy (non-hydrogen) atoms. The van der Waals surface area contributed by atoms with Crippen molar-refractivity contribution < 1.29 is 9.59 Å². The normalized spacial score (nSPS) is 24.3. The molecule has 1 atom stereocenters. The molecule has 5 nitrogen and oxygen atoms in total. The molecule has 2 aliphatic rings. The van der Waals surface area contributed by atoms with Crippen LogP contribution in [0.2, 0.25) is 0 Å². The minimum Gasteiger partial charge on any atom is -0.368 e. The smallest absolute Gasteiger partial charge is 0.237 e. The van der Waals surface area contributed by atoms with Crippen LogP contribution in [-0.2, 0) is 9.59 Å². The molecule has 1 heterocycles. The Kier molecular flexibility index (Phi) is 6.49. The molecule has 0 spiro atoms. The fraction of sp³-hybridized carbons (Fsp3) is 0.875. The first kappa shape index (κ1) is 16.3. The van der Waals surface area contributed by atoms with Crippen LogP contribution in [0.25, 0.3) is 0 Å². The van der Waals surface area contributed by atoms with E-state index >= 15 is 0 Å². The standard InChI is InChI=1S/C16H29N3O2/c17-15(20)12-19(14-8-5-9-18-11-14)16(21)10-13-6-3-1-2-4-7-13/h13-14,18H,1-12H2,(H2,17,20). The van der Waals surface area contributed by atoms with Gasteiger partial charge in [-0.05, 0) is 38.1 Å². The highest BCUT2D eigenvalue weighted by Crippen LogP contribution is 2.26. The number of primary amides is 1. The first-order valence-corrected chi connectivity index (χ1v) is 8.45. The zero-order valence-electron chi connectivity index (χ0n) is 13.0. The van der Waals surface area contributed by atoms with Crippen LogP contribution in [0.4, 0.5) is 0 Å². The van der Waals surface area contributed by atoms with Gasteiger partial charge < -0.3 is 16.0 Å². The molecule has 0 aromatic carbocycles. The van der Waals surface area contributed by atoms with Gasteiger partial charge in [0.15, 0.2) is 0 Å². The van der Waals surface area contributed by atoms with Crippen molar-refractivity contribution in [1.82, 2.24) is 10.2 Å². The van der Waals surface area contributed by atoms with Crippen molar-refractivity contribution >= 4 is 11.8 Å². The lowest BCUT2D eigenvalue weighted by Crippen LogP contribution is -2.51. The van der Waals surface area contributed by atoms with Crippen molar-refractivity contribution in [3.05, 3.63) is 0 Å². The summed E-state index contributed by atoms with van der Waals surface area (Å²) in [6, 6.07) is 0.129. The van der Waals surface area contributed by atoms with E-state index in [0.717, 1.165) is 38.8 Å². The van der Waals surface area contributed by atoms with Gasteiger partial charge in [0.25, 0.3) is 0 Å². The van der Waals surface area contributed by atoms with Crippen molar-refractivity contribution in [2.45, 2.75) is 63.8 Å². The minimum atomic E-state index is -0.408. The van der Waals surface area contributed by atoms with Crippen LogP contribution in [0.3, 0.4) is 0 Å². The second-order valence-corrected chi connectivity index (χ2v) is 6.55. The van der Waals surface area contributed by atoms with Gasteiger partial charge in [-0.3, -0.25) is 9.59 Å². The summed E-state index contributed by atoms with van der Waals surface area (Å²) in [5, 5.41) is 3.31. The molecule has 2 rings (SSSR count). The maximum absolute atomic E-state index is 12.6. The Hall–Kier alpha value is -1.10. The predicted molar refractivity (Wildman–Crippen MR) is 82.6 cm³/mol. The van der Waals surface area contributed by atoms with Gasteiger partial charge in [-0.25, -0.2) is 0 Å². The van der Waals surface area contributed by atoms with Crippen molar-refractivity contribution in [2.75, 3.05) is 19.6 Å². The van der Waals surface area contributed by atoms with E-state index in [4.69, 9.17) is 5.73 Å². The van der Waals surface area contributed by atoms with Crippen LogP contribution in [0.1, 0.15) is 57.8 Å². The first-order valence-electron chi connectivity index (χ1n) is 8.45. The number of nitrogens with two attached hydrogens (primary N) is 1. The molecule has 0 radical (unpaired) electrons. The van der Waals surface area contributed by atoms with Gasteiger partial charge in [0.2, 0.25) is 11.8 Å². The predicted octanol–water partition coefficient (Wildman–Crippen LogP) is 1.41. The molecule has 3 N–H and O–H groups in total. The number of hydrogen-bond donors (Lipinski definition) is 2. The number of nitrogens with zero attached hydrogens (tertiary/aromatic N) is 1. The van der Waals surface area contributed by atoms with Gasteiger partial charge in [0.05, 0.1) is 6.54 Å². The second-order valence-electron chi connectivity index (χ2n) is 6.55. The lowest BCUT2D eigenvalue weighted by atomic mass is 9.95. The van der Waals surface area contributed by atoms with Gasteiger partial charge in [-0.2, -0.15) is 0 Å². The molecule has 2 amide bonds. The van der Waals surface area contributed by atoms with Crippen LogP contribution in [0.5, 0.6) is 0 Å². The Bertz CT molecular complexity index is 345. The third-order valence-electron chi connectivity index (χ3n) is 4.80. The van der Waals surface area contributed by atoms with E-state index in [9.17, 15) is 9.59 Å². The van der Waals surface area contributed by atoms with Crippen LogP contribution >= 0.6 is 0 Å². The maximum atomic E-state index is 12.6. The van der Waals surface area contributed by atoms with Gasteiger partial charge in [0.1, 0.15) is 0 Å². The summed E-state index contributed by atoms with van der Waals surface area (Å²) < 4.78 is 0. The summed E-state index contributed by atoms with van der Waals surface area (Å²) in [5.41, 5.74) is 5.34. The average molecular weight is 295 g/mol. The molecule has 1 unspecified atom stereocenters.